The van der Waals surface area contributed by atoms with Gasteiger partial charge in [0.15, 0.2) is 11.5 Å². The minimum atomic E-state index is -0.525. The third kappa shape index (κ3) is 2.77. The summed E-state index contributed by atoms with van der Waals surface area (Å²) in [7, 11) is 0. The minimum Gasteiger partial charge on any atom is -0.393 e. The molecule has 0 bridgehead atoms. The fourth-order valence-electron chi connectivity index (χ4n) is 2.56. The van der Waals surface area contributed by atoms with E-state index in [4.69, 9.17) is 5.73 Å². The summed E-state index contributed by atoms with van der Waals surface area (Å²) in [6.45, 7) is 0. The lowest BCUT2D eigenvalue weighted by atomic mass is 10.1. The van der Waals surface area contributed by atoms with Gasteiger partial charge < -0.3 is 11.1 Å². The molecule has 26 heavy (non-hydrogen) atoms. The Morgan fingerprint density at radius 2 is 1.92 bits per heavy atom. The van der Waals surface area contributed by atoms with Gasteiger partial charge >= 0.3 is 0 Å². The molecule has 0 spiro atoms. The third-order valence-electron chi connectivity index (χ3n) is 3.77. The van der Waals surface area contributed by atoms with Crippen molar-refractivity contribution in [2.45, 2.75) is 0 Å². The number of nitrogens with one attached hydrogen (secondary N) is 1. The number of aromatic nitrogens is 4. The van der Waals surface area contributed by atoms with Crippen LogP contribution in [0.2, 0.25) is 0 Å². The maximum absolute atomic E-state index is 11.1. The number of nitrogens with two attached hydrogens (primary N) is 1. The van der Waals surface area contributed by atoms with Crippen molar-refractivity contribution < 1.29 is 4.92 Å². The van der Waals surface area contributed by atoms with Crippen molar-refractivity contribution in [3.63, 3.8) is 0 Å². The summed E-state index contributed by atoms with van der Waals surface area (Å²) in [4.78, 5) is 19.3. The first kappa shape index (κ1) is 15.5. The van der Waals surface area contributed by atoms with Crippen LogP contribution in [0.3, 0.4) is 0 Å². The average Bonchev–Trinajstić information content (AvgIpc) is 3.05. The number of nitro benzene ring substituents is 1. The zero-order chi connectivity index (χ0) is 18.1. The van der Waals surface area contributed by atoms with Gasteiger partial charge in [-0.15, -0.1) is 5.10 Å². The molecule has 2 heterocycles. The molecule has 4 rings (SSSR count). The maximum atomic E-state index is 11.1. The van der Waals surface area contributed by atoms with Gasteiger partial charge in [-0.05, 0) is 24.3 Å². The van der Waals surface area contributed by atoms with Crippen molar-refractivity contribution in [1.29, 1.82) is 0 Å². The topological polar surface area (TPSA) is 124 Å². The Morgan fingerprint density at radius 1 is 1.12 bits per heavy atom. The van der Waals surface area contributed by atoms with Crippen LogP contribution in [0, 0.1) is 10.1 Å². The Kier molecular flexibility index (Phi) is 3.66. The summed E-state index contributed by atoms with van der Waals surface area (Å²) in [5, 5.41) is 18.7. The van der Waals surface area contributed by atoms with Crippen molar-refractivity contribution in [2.75, 3.05) is 11.1 Å². The third-order valence-corrected chi connectivity index (χ3v) is 3.77. The lowest BCUT2D eigenvalue weighted by molar-refractivity contribution is -0.383. The Balaban J connectivity index is 1.79. The molecule has 3 N–H and O–H groups in total. The average molecular weight is 347 g/mol. The van der Waals surface area contributed by atoms with Crippen molar-refractivity contribution in [1.82, 2.24) is 19.6 Å². The highest BCUT2D eigenvalue weighted by atomic mass is 16.6. The lowest BCUT2D eigenvalue weighted by Crippen LogP contribution is -2.00. The molecule has 9 heteroatoms. The standard InChI is InChI=1S/C17H13N7O2/c18-13-7-6-11(10-14(13)24(25)26)16-19-9-8-15-21-17(22-23(15)16)20-12-4-2-1-3-5-12/h1-10H,18H2,(H,20,22). The van der Waals surface area contributed by atoms with Crippen LogP contribution < -0.4 is 11.1 Å². The number of benzene rings is 2. The molecule has 0 aliphatic rings. The van der Waals surface area contributed by atoms with E-state index < -0.39 is 4.92 Å². The van der Waals surface area contributed by atoms with Gasteiger partial charge in [-0.2, -0.15) is 9.50 Å². The molecule has 0 saturated carbocycles. The van der Waals surface area contributed by atoms with Gasteiger partial charge in [0.2, 0.25) is 5.95 Å². The molecular formula is C17H13N7O2. The Hall–Kier alpha value is -4.01. The fraction of sp³-hybridized carbons (Fsp3) is 0. The van der Waals surface area contributed by atoms with E-state index in [-0.39, 0.29) is 11.4 Å². The molecule has 4 aromatic rings. The van der Waals surface area contributed by atoms with Crippen LogP contribution in [0.1, 0.15) is 0 Å². The van der Waals surface area contributed by atoms with E-state index in [2.05, 4.69) is 20.4 Å². The molecule has 0 aliphatic carbocycles. The second-order valence-corrected chi connectivity index (χ2v) is 5.50. The SMILES string of the molecule is Nc1ccc(-c2nccc3nc(Nc4ccccc4)nn23)cc1[N+](=O)[O-]. The molecule has 0 fully saturated rings. The predicted molar refractivity (Wildman–Crippen MR) is 97.0 cm³/mol. The largest absolute Gasteiger partial charge is 0.393 e. The monoisotopic (exact) mass is 347 g/mol. The molecule has 0 aliphatic heterocycles. The number of hydrogen-bond acceptors (Lipinski definition) is 7. The van der Waals surface area contributed by atoms with Gasteiger partial charge in [0.1, 0.15) is 5.69 Å². The fourth-order valence-corrected chi connectivity index (χ4v) is 2.56. The summed E-state index contributed by atoms with van der Waals surface area (Å²) < 4.78 is 1.53. The van der Waals surface area contributed by atoms with E-state index in [1.165, 1.54) is 16.6 Å². The van der Waals surface area contributed by atoms with Gasteiger partial charge in [-0.3, -0.25) is 10.1 Å². The van der Waals surface area contributed by atoms with E-state index in [9.17, 15) is 10.1 Å². The first-order chi connectivity index (χ1) is 12.6. The van der Waals surface area contributed by atoms with Gasteiger partial charge in [0, 0.05) is 29.6 Å². The van der Waals surface area contributed by atoms with Crippen molar-refractivity contribution >= 4 is 28.7 Å². The second kappa shape index (κ2) is 6.13. The summed E-state index contributed by atoms with van der Waals surface area (Å²) in [5.74, 6) is 0.828. The van der Waals surface area contributed by atoms with E-state index in [0.717, 1.165) is 5.69 Å². The summed E-state index contributed by atoms with van der Waals surface area (Å²) in [6.07, 6.45) is 1.58. The highest BCUT2D eigenvalue weighted by molar-refractivity contribution is 5.70. The van der Waals surface area contributed by atoms with Crippen molar-refractivity contribution in [3.8, 4) is 11.4 Å². The van der Waals surface area contributed by atoms with E-state index in [1.807, 2.05) is 30.3 Å². The van der Waals surface area contributed by atoms with Gasteiger partial charge in [-0.25, -0.2) is 4.98 Å². The number of nitrogens with zero attached hydrogens (tertiary/aromatic N) is 5. The van der Waals surface area contributed by atoms with Crippen LogP contribution >= 0.6 is 0 Å². The number of anilines is 3. The van der Waals surface area contributed by atoms with E-state index in [0.29, 0.717) is 23.0 Å². The van der Waals surface area contributed by atoms with Crippen molar-refractivity contribution in [2.24, 2.45) is 0 Å². The minimum absolute atomic E-state index is 0.0935. The molecule has 0 radical (unpaired) electrons. The van der Waals surface area contributed by atoms with Gasteiger partial charge in [-0.1, -0.05) is 18.2 Å². The number of hydrogen-bond donors (Lipinski definition) is 2. The molecule has 2 aromatic heterocycles. The summed E-state index contributed by atoms with van der Waals surface area (Å²) in [6, 6.07) is 15.7. The second-order valence-electron chi connectivity index (χ2n) is 5.50. The summed E-state index contributed by atoms with van der Waals surface area (Å²) in [5.41, 5.74) is 7.51. The maximum Gasteiger partial charge on any atom is 0.292 e. The van der Waals surface area contributed by atoms with Crippen LogP contribution in [0.25, 0.3) is 17.0 Å². The normalized spacial score (nSPS) is 10.8. The molecule has 9 nitrogen and oxygen atoms in total. The molecular weight excluding hydrogens is 334 g/mol. The highest BCUT2D eigenvalue weighted by Crippen LogP contribution is 2.28. The Morgan fingerprint density at radius 3 is 2.69 bits per heavy atom. The molecule has 0 atom stereocenters. The Bertz CT molecular complexity index is 1110. The zero-order valence-electron chi connectivity index (χ0n) is 13.4. The zero-order valence-corrected chi connectivity index (χ0v) is 13.4. The number of para-hydroxylation sites is 1. The van der Waals surface area contributed by atoms with Crippen LogP contribution in [0.5, 0.6) is 0 Å². The smallest absolute Gasteiger partial charge is 0.292 e. The summed E-state index contributed by atoms with van der Waals surface area (Å²) >= 11 is 0. The Labute approximate surface area is 147 Å². The van der Waals surface area contributed by atoms with E-state index in [1.54, 1.807) is 18.3 Å². The number of fused-ring (bicyclic) bond motifs is 1. The van der Waals surface area contributed by atoms with E-state index >= 15 is 0 Å². The quantitative estimate of drug-likeness (QED) is 0.330. The number of nitro groups is 1. The van der Waals surface area contributed by atoms with Gasteiger partial charge in [0.25, 0.3) is 5.69 Å². The van der Waals surface area contributed by atoms with Gasteiger partial charge in [0.05, 0.1) is 4.92 Å². The molecule has 2 aromatic carbocycles. The lowest BCUT2D eigenvalue weighted by Gasteiger charge is -2.04. The number of rotatable bonds is 4. The van der Waals surface area contributed by atoms with Crippen LogP contribution in [0.15, 0.2) is 60.8 Å². The van der Waals surface area contributed by atoms with Crippen LogP contribution in [-0.4, -0.2) is 24.5 Å². The number of nitrogen functional groups attached to an aromatic ring is 1. The first-order valence-electron chi connectivity index (χ1n) is 7.70. The van der Waals surface area contributed by atoms with Crippen molar-refractivity contribution in [3.05, 3.63) is 70.9 Å². The van der Waals surface area contributed by atoms with Crippen LogP contribution in [-0.2, 0) is 0 Å². The first-order valence-corrected chi connectivity index (χ1v) is 7.70. The molecule has 0 saturated heterocycles. The molecule has 128 valence electrons. The predicted octanol–water partition coefficient (Wildman–Crippen LogP) is 3.03. The molecule has 0 amide bonds. The molecule has 0 unspecified atom stereocenters. The highest BCUT2D eigenvalue weighted by Gasteiger charge is 2.16. The van der Waals surface area contributed by atoms with Crippen LogP contribution in [0.4, 0.5) is 23.0 Å².